The van der Waals surface area contributed by atoms with Gasteiger partial charge in [-0.3, -0.25) is 4.79 Å². The fourth-order valence-electron chi connectivity index (χ4n) is 3.07. The van der Waals surface area contributed by atoms with Crippen LogP contribution in [0.2, 0.25) is 0 Å². The van der Waals surface area contributed by atoms with Crippen molar-refractivity contribution in [3.05, 3.63) is 59.3 Å². The Morgan fingerprint density at radius 2 is 2.04 bits per heavy atom. The summed E-state index contributed by atoms with van der Waals surface area (Å²) in [5.41, 5.74) is 4.59. The molecule has 0 saturated carbocycles. The Morgan fingerprint density at radius 1 is 1.20 bits per heavy atom. The number of amides is 1. The molecule has 0 radical (unpaired) electrons. The number of aliphatic hydroxyl groups is 1. The second kappa shape index (κ2) is 7.40. The molecular weight excluding hydrogens is 316 g/mol. The second-order valence-corrected chi connectivity index (χ2v) is 5.92. The summed E-state index contributed by atoms with van der Waals surface area (Å²) in [5, 5.41) is 13.4. The number of hydrogen-bond acceptors (Lipinski definition) is 3. The third-order valence-corrected chi connectivity index (χ3v) is 4.35. The molecule has 130 valence electrons. The van der Waals surface area contributed by atoms with Gasteiger partial charge < -0.3 is 20.1 Å². The molecule has 0 bridgehead atoms. The van der Waals surface area contributed by atoms with Crippen molar-refractivity contribution in [1.82, 2.24) is 4.98 Å². The predicted octanol–water partition coefficient (Wildman–Crippen LogP) is 3.41. The zero-order chi connectivity index (χ0) is 17.8. The van der Waals surface area contributed by atoms with Crippen molar-refractivity contribution in [3.8, 4) is 5.75 Å². The Morgan fingerprint density at radius 3 is 2.76 bits per heavy atom. The molecule has 1 heterocycles. The number of ether oxygens (including phenoxy) is 1. The van der Waals surface area contributed by atoms with Gasteiger partial charge in [0.15, 0.2) is 0 Å². The normalized spacial score (nSPS) is 10.8. The quantitative estimate of drug-likeness (QED) is 0.645. The Balaban J connectivity index is 1.77. The third kappa shape index (κ3) is 3.51. The van der Waals surface area contributed by atoms with E-state index in [1.54, 1.807) is 25.3 Å². The molecule has 3 aromatic rings. The molecule has 25 heavy (non-hydrogen) atoms. The van der Waals surface area contributed by atoms with Gasteiger partial charge in [0.05, 0.1) is 20.1 Å². The number of para-hydroxylation sites is 1. The maximum absolute atomic E-state index is 12.4. The van der Waals surface area contributed by atoms with E-state index in [1.807, 2.05) is 18.3 Å². The highest BCUT2D eigenvalue weighted by Gasteiger charge is 2.12. The van der Waals surface area contributed by atoms with E-state index in [9.17, 15) is 9.90 Å². The van der Waals surface area contributed by atoms with Gasteiger partial charge in [-0.15, -0.1) is 0 Å². The van der Waals surface area contributed by atoms with Crippen molar-refractivity contribution < 1.29 is 14.6 Å². The van der Waals surface area contributed by atoms with E-state index < -0.39 is 0 Å². The minimum Gasteiger partial charge on any atom is -0.496 e. The highest BCUT2D eigenvalue weighted by molar-refractivity contribution is 5.96. The van der Waals surface area contributed by atoms with Crippen LogP contribution in [0, 0.1) is 0 Å². The number of anilines is 1. The van der Waals surface area contributed by atoms with Crippen LogP contribution in [0.4, 0.5) is 5.69 Å². The van der Waals surface area contributed by atoms with Gasteiger partial charge in [0, 0.05) is 28.4 Å². The lowest BCUT2D eigenvalue weighted by Crippen LogP contribution is -2.14. The topological polar surface area (TPSA) is 74.3 Å². The lowest BCUT2D eigenvalue weighted by molar-refractivity contribution is -0.115. The molecule has 0 fully saturated rings. The van der Waals surface area contributed by atoms with Crippen LogP contribution in [0.1, 0.15) is 23.6 Å². The van der Waals surface area contributed by atoms with Gasteiger partial charge in [-0.25, -0.2) is 0 Å². The molecule has 1 amide bonds. The first kappa shape index (κ1) is 17.0. The molecule has 1 aromatic heterocycles. The molecule has 0 unspecified atom stereocenters. The van der Waals surface area contributed by atoms with E-state index in [-0.39, 0.29) is 18.9 Å². The summed E-state index contributed by atoms with van der Waals surface area (Å²) in [5.74, 6) is 0.501. The van der Waals surface area contributed by atoms with Crippen LogP contribution < -0.4 is 10.1 Å². The SMILES string of the molecule is CCc1cccc2c(CC(=O)Nc3ccc(OC)c(CO)c3)c[nH]c12. The second-order valence-electron chi connectivity index (χ2n) is 5.92. The maximum atomic E-state index is 12.4. The number of carbonyl (C=O) groups excluding carboxylic acids is 1. The number of H-pyrrole nitrogens is 1. The zero-order valence-corrected chi connectivity index (χ0v) is 14.4. The lowest BCUT2D eigenvalue weighted by Gasteiger charge is -2.10. The first-order valence-corrected chi connectivity index (χ1v) is 8.31. The molecule has 0 spiro atoms. The number of fused-ring (bicyclic) bond motifs is 1. The minimum absolute atomic E-state index is 0.100. The van der Waals surface area contributed by atoms with Crippen molar-refractivity contribution >= 4 is 22.5 Å². The molecule has 0 aliphatic heterocycles. The number of rotatable bonds is 6. The van der Waals surface area contributed by atoms with Crippen LogP contribution in [0.3, 0.4) is 0 Å². The van der Waals surface area contributed by atoms with Crippen molar-refractivity contribution in [3.63, 3.8) is 0 Å². The lowest BCUT2D eigenvalue weighted by atomic mass is 10.1. The molecule has 3 rings (SSSR count). The van der Waals surface area contributed by atoms with Crippen molar-refractivity contribution in [2.45, 2.75) is 26.4 Å². The summed E-state index contributed by atoms with van der Waals surface area (Å²) in [6, 6.07) is 11.4. The molecule has 5 heteroatoms. The molecule has 0 saturated heterocycles. The standard InChI is InChI=1S/C20H22N2O3/c1-3-13-5-4-6-17-14(11-21-20(13)17)10-19(24)22-16-7-8-18(25-2)15(9-16)12-23/h4-9,11,21,23H,3,10,12H2,1-2H3,(H,22,24). The van der Waals surface area contributed by atoms with Gasteiger partial charge >= 0.3 is 0 Å². The minimum atomic E-state index is -0.144. The van der Waals surface area contributed by atoms with Gasteiger partial charge in [0.1, 0.15) is 5.75 Å². The maximum Gasteiger partial charge on any atom is 0.228 e. The van der Waals surface area contributed by atoms with Crippen molar-refractivity contribution in [1.29, 1.82) is 0 Å². The summed E-state index contributed by atoms with van der Waals surface area (Å²) in [4.78, 5) is 15.7. The molecule has 0 atom stereocenters. The van der Waals surface area contributed by atoms with E-state index in [0.29, 0.717) is 17.0 Å². The molecule has 2 aromatic carbocycles. The number of benzene rings is 2. The van der Waals surface area contributed by atoms with Gasteiger partial charge in [-0.05, 0) is 35.7 Å². The predicted molar refractivity (Wildman–Crippen MR) is 98.9 cm³/mol. The van der Waals surface area contributed by atoms with Crippen LogP contribution in [0.15, 0.2) is 42.6 Å². The molecular formula is C20H22N2O3. The van der Waals surface area contributed by atoms with Gasteiger partial charge in [-0.1, -0.05) is 25.1 Å². The fourth-order valence-corrected chi connectivity index (χ4v) is 3.07. The number of aromatic amines is 1. The number of hydrogen-bond donors (Lipinski definition) is 3. The van der Waals surface area contributed by atoms with E-state index in [0.717, 1.165) is 22.9 Å². The molecule has 0 aliphatic rings. The first-order chi connectivity index (χ1) is 12.2. The summed E-state index contributed by atoms with van der Waals surface area (Å²) in [7, 11) is 1.55. The Labute approximate surface area is 146 Å². The van der Waals surface area contributed by atoms with Crippen LogP contribution in [0.25, 0.3) is 10.9 Å². The van der Waals surface area contributed by atoms with Crippen LogP contribution in [0.5, 0.6) is 5.75 Å². The molecule has 5 nitrogen and oxygen atoms in total. The van der Waals surface area contributed by atoms with Gasteiger partial charge in [-0.2, -0.15) is 0 Å². The van der Waals surface area contributed by atoms with Gasteiger partial charge in [0.2, 0.25) is 5.91 Å². The number of nitrogens with one attached hydrogen (secondary N) is 2. The third-order valence-electron chi connectivity index (χ3n) is 4.35. The Hall–Kier alpha value is -2.79. The van der Waals surface area contributed by atoms with E-state index in [4.69, 9.17) is 4.74 Å². The average molecular weight is 338 g/mol. The fraction of sp³-hybridized carbons (Fsp3) is 0.250. The highest BCUT2D eigenvalue weighted by Crippen LogP contribution is 2.24. The van der Waals surface area contributed by atoms with Gasteiger partial charge in [0.25, 0.3) is 0 Å². The molecule has 0 aliphatic carbocycles. The molecule has 3 N–H and O–H groups in total. The average Bonchev–Trinajstić information content (AvgIpc) is 3.04. The number of aliphatic hydroxyl groups excluding tert-OH is 1. The monoisotopic (exact) mass is 338 g/mol. The zero-order valence-electron chi connectivity index (χ0n) is 14.4. The number of methoxy groups -OCH3 is 1. The van der Waals surface area contributed by atoms with Crippen molar-refractivity contribution in [2.24, 2.45) is 0 Å². The van der Waals surface area contributed by atoms with E-state index in [2.05, 4.69) is 23.3 Å². The summed E-state index contributed by atoms with van der Waals surface area (Å²) >= 11 is 0. The smallest absolute Gasteiger partial charge is 0.228 e. The van der Waals surface area contributed by atoms with E-state index >= 15 is 0 Å². The summed E-state index contributed by atoms with van der Waals surface area (Å²) in [6.07, 6.45) is 3.13. The van der Waals surface area contributed by atoms with Crippen LogP contribution in [-0.4, -0.2) is 23.1 Å². The van der Waals surface area contributed by atoms with Crippen LogP contribution >= 0.6 is 0 Å². The van der Waals surface area contributed by atoms with Crippen molar-refractivity contribution in [2.75, 3.05) is 12.4 Å². The van der Waals surface area contributed by atoms with Crippen LogP contribution in [-0.2, 0) is 24.2 Å². The Bertz CT molecular complexity index is 899. The van der Waals surface area contributed by atoms with E-state index in [1.165, 1.54) is 5.56 Å². The summed E-state index contributed by atoms with van der Waals surface area (Å²) < 4.78 is 5.17. The summed E-state index contributed by atoms with van der Waals surface area (Å²) in [6.45, 7) is 1.97. The highest BCUT2D eigenvalue weighted by atomic mass is 16.5. The number of carbonyl (C=O) groups is 1. The number of aromatic nitrogens is 1. The largest absolute Gasteiger partial charge is 0.496 e. The first-order valence-electron chi connectivity index (χ1n) is 8.31. The Kier molecular flexibility index (Phi) is 5.05. The number of aryl methyl sites for hydroxylation is 1.